The lowest BCUT2D eigenvalue weighted by molar-refractivity contribution is -0.179. The Labute approximate surface area is 272 Å². The Morgan fingerprint density at radius 1 is 1.06 bits per heavy atom. The van der Waals surface area contributed by atoms with Crippen molar-refractivity contribution in [2.24, 2.45) is 0 Å². The molecule has 0 unspecified atom stereocenters. The molecule has 248 valence electrons. The number of nitriles is 1. The van der Waals surface area contributed by atoms with Crippen LogP contribution in [0.5, 0.6) is 28.7 Å². The summed E-state index contributed by atoms with van der Waals surface area (Å²) in [5.74, 6) is 1.58. The number of fused-ring (bicyclic) bond motifs is 7. The Morgan fingerprint density at radius 2 is 1.83 bits per heavy atom. The molecule has 4 aliphatic rings. The van der Waals surface area contributed by atoms with Crippen molar-refractivity contribution in [1.82, 2.24) is 9.80 Å². The van der Waals surface area contributed by atoms with Crippen LogP contribution in [0.1, 0.15) is 39.9 Å². The Morgan fingerprint density at radius 3 is 2.53 bits per heavy atom. The monoisotopic (exact) mass is 647 g/mol. The molecule has 47 heavy (non-hydrogen) atoms. The number of nitrogens with zero attached hydrogens (tertiary/aromatic N) is 3. The largest absolute Gasteiger partial charge is 0.493 e. The molecule has 13 nitrogen and oxygen atoms in total. The summed E-state index contributed by atoms with van der Waals surface area (Å²) in [5, 5.41) is 10.8. The van der Waals surface area contributed by atoms with Gasteiger partial charge in [0.15, 0.2) is 29.8 Å². The molecule has 1 amide bonds. The maximum atomic E-state index is 13.9. The average Bonchev–Trinajstić information content (AvgIpc) is 3.56. The van der Waals surface area contributed by atoms with Crippen LogP contribution in [-0.4, -0.2) is 87.6 Å². The van der Waals surface area contributed by atoms with Gasteiger partial charge in [0.25, 0.3) is 0 Å². The molecule has 2 bridgehead atoms. The van der Waals surface area contributed by atoms with E-state index in [1.807, 2.05) is 24.8 Å². The number of esters is 1. The molecule has 0 saturated carbocycles. The van der Waals surface area contributed by atoms with Crippen LogP contribution in [0.4, 0.5) is 4.79 Å². The molecule has 0 N–H and O–H groups in total. The number of carbonyl (C=O) groups excluding carboxylic acids is 2. The van der Waals surface area contributed by atoms with Crippen molar-refractivity contribution < 1.29 is 47.5 Å². The molecular weight excluding hydrogens is 610 g/mol. The molecule has 0 aliphatic carbocycles. The van der Waals surface area contributed by atoms with Crippen LogP contribution in [0.3, 0.4) is 0 Å². The molecule has 0 spiro atoms. The van der Waals surface area contributed by atoms with E-state index in [1.165, 1.54) is 13.2 Å². The second-order valence-corrected chi connectivity index (χ2v) is 11.5. The summed E-state index contributed by atoms with van der Waals surface area (Å²) in [6.45, 7) is 11.1. The summed E-state index contributed by atoms with van der Waals surface area (Å²) in [4.78, 5) is 31.2. The Balaban J connectivity index is 1.57. The maximum absolute atomic E-state index is 13.9. The summed E-state index contributed by atoms with van der Waals surface area (Å²) in [7, 11) is 3.06. The summed E-state index contributed by atoms with van der Waals surface area (Å²) < 4.78 is 46.3. The SMILES string of the molecule is C=CCOC(=O)N1[C@@H]2c3c(cc(C)c(OC)c3OCC=C)C[C@H]1[C@@H](C#N)N1[C@@H](c3cc(OCOC)c(C)c4c3OCO4)C(=O)OC[C@@H]21. The molecule has 2 fully saturated rings. The van der Waals surface area contributed by atoms with Gasteiger partial charge in [-0.15, -0.1) is 0 Å². The van der Waals surface area contributed by atoms with Gasteiger partial charge >= 0.3 is 12.1 Å². The highest BCUT2D eigenvalue weighted by Crippen LogP contribution is 2.55. The van der Waals surface area contributed by atoms with Gasteiger partial charge in [-0.2, -0.15) is 5.26 Å². The van der Waals surface area contributed by atoms with Crippen molar-refractivity contribution in [3.05, 3.63) is 65.3 Å². The lowest BCUT2D eigenvalue weighted by Crippen LogP contribution is -2.71. The number of rotatable bonds is 10. The standard InChI is InChI=1S/C34H37N3O10/c1-7-9-42-32-26-20(11-18(3)29(32)41-6)12-22-23(14-35)36-24(28(26)37(22)34(39)43-10-8-2)15-44-33(38)27(36)21-13-25(45-16-40-5)19(4)30-31(21)47-17-46-30/h7-8,11,13,22-24,27-28H,1-2,9-10,12,15-17H2,3-6H3/t22-,23+,24-,27-,28-/m0/s1. The number of morpholine rings is 1. The third-order valence-electron chi connectivity index (χ3n) is 8.99. The van der Waals surface area contributed by atoms with Gasteiger partial charge in [-0.3, -0.25) is 9.80 Å². The highest BCUT2D eigenvalue weighted by Gasteiger charge is 2.60. The minimum atomic E-state index is -1.11. The van der Waals surface area contributed by atoms with Gasteiger partial charge in [-0.05, 0) is 37.5 Å². The number of cyclic esters (lactones) is 1. The molecule has 2 aromatic carbocycles. The van der Waals surface area contributed by atoms with Crippen molar-refractivity contribution in [3.8, 4) is 34.8 Å². The number of ether oxygens (including phenoxy) is 8. The lowest BCUT2D eigenvalue weighted by Gasteiger charge is -2.58. The van der Waals surface area contributed by atoms with E-state index in [1.54, 1.807) is 24.2 Å². The van der Waals surface area contributed by atoms with E-state index in [9.17, 15) is 14.9 Å². The first-order valence-corrected chi connectivity index (χ1v) is 15.2. The fourth-order valence-corrected chi connectivity index (χ4v) is 7.23. The maximum Gasteiger partial charge on any atom is 0.411 e. The number of carbonyl (C=O) groups is 2. The zero-order chi connectivity index (χ0) is 33.4. The van der Waals surface area contributed by atoms with Crippen LogP contribution in [-0.2, 0) is 25.4 Å². The average molecular weight is 648 g/mol. The number of methoxy groups -OCH3 is 2. The molecule has 0 radical (unpaired) electrons. The third kappa shape index (κ3) is 5.17. The first-order chi connectivity index (χ1) is 22.8. The predicted octanol–water partition coefficient (Wildman–Crippen LogP) is 4.05. The van der Waals surface area contributed by atoms with Crippen molar-refractivity contribution in [2.75, 3.05) is 47.6 Å². The molecule has 0 aromatic heterocycles. The van der Waals surface area contributed by atoms with Gasteiger partial charge in [0, 0.05) is 23.8 Å². The first kappa shape index (κ1) is 32.0. The fraction of sp³-hybridized carbons (Fsp3) is 0.441. The van der Waals surface area contributed by atoms with E-state index in [0.29, 0.717) is 45.4 Å². The molecule has 2 saturated heterocycles. The topological polar surface area (TPSA) is 138 Å². The van der Waals surface area contributed by atoms with E-state index in [2.05, 4.69) is 19.2 Å². The smallest absolute Gasteiger partial charge is 0.411 e. The number of amides is 1. The molecule has 2 aromatic rings. The van der Waals surface area contributed by atoms with E-state index in [0.717, 1.165) is 11.1 Å². The van der Waals surface area contributed by atoms with Gasteiger partial charge in [0.1, 0.15) is 37.7 Å². The Kier molecular flexibility index (Phi) is 8.90. The van der Waals surface area contributed by atoms with E-state index in [-0.39, 0.29) is 39.8 Å². The Hall–Kier alpha value is -4.93. The quantitative estimate of drug-likeness (QED) is 0.209. The van der Waals surface area contributed by atoms with Crippen LogP contribution < -0.4 is 23.7 Å². The second kappa shape index (κ2) is 13.1. The lowest BCUT2D eigenvalue weighted by atomic mass is 9.75. The second-order valence-electron chi connectivity index (χ2n) is 11.5. The summed E-state index contributed by atoms with van der Waals surface area (Å²) >= 11 is 0. The zero-order valence-electron chi connectivity index (χ0n) is 26.8. The highest BCUT2D eigenvalue weighted by atomic mass is 16.7. The molecule has 4 aliphatic heterocycles. The van der Waals surface area contributed by atoms with Gasteiger partial charge in [0.2, 0.25) is 6.79 Å². The van der Waals surface area contributed by atoms with Crippen molar-refractivity contribution >= 4 is 12.1 Å². The number of hydrogen-bond donors (Lipinski definition) is 0. The Bertz CT molecular complexity index is 1650. The number of hydrogen-bond acceptors (Lipinski definition) is 12. The van der Waals surface area contributed by atoms with E-state index < -0.39 is 42.3 Å². The molecule has 5 atom stereocenters. The van der Waals surface area contributed by atoms with Gasteiger partial charge in [0.05, 0.1) is 31.3 Å². The van der Waals surface area contributed by atoms with Gasteiger partial charge in [-0.25, -0.2) is 9.59 Å². The van der Waals surface area contributed by atoms with Crippen LogP contribution >= 0.6 is 0 Å². The minimum absolute atomic E-state index is 0.0288. The predicted molar refractivity (Wildman–Crippen MR) is 166 cm³/mol. The van der Waals surface area contributed by atoms with Crippen molar-refractivity contribution in [2.45, 2.75) is 50.5 Å². The number of piperazine rings is 1. The first-order valence-electron chi connectivity index (χ1n) is 15.2. The summed E-state index contributed by atoms with van der Waals surface area (Å²) in [5.41, 5.74) is 3.49. The van der Waals surface area contributed by atoms with Crippen molar-refractivity contribution in [3.63, 3.8) is 0 Å². The van der Waals surface area contributed by atoms with Crippen molar-refractivity contribution in [1.29, 1.82) is 5.26 Å². The molecule has 13 heteroatoms. The number of benzene rings is 2. The van der Waals surface area contributed by atoms with Crippen LogP contribution in [0, 0.1) is 25.2 Å². The number of aryl methyl sites for hydroxylation is 1. The normalized spacial score (nSPS) is 23.9. The van der Waals surface area contributed by atoms with E-state index in [4.69, 9.17) is 37.9 Å². The zero-order valence-corrected chi connectivity index (χ0v) is 26.8. The molecule has 4 heterocycles. The molecular formula is C34H37N3O10. The van der Waals surface area contributed by atoms with Crippen LogP contribution in [0.2, 0.25) is 0 Å². The third-order valence-corrected chi connectivity index (χ3v) is 8.99. The van der Waals surface area contributed by atoms with Gasteiger partial charge in [-0.1, -0.05) is 31.4 Å². The van der Waals surface area contributed by atoms with Gasteiger partial charge < -0.3 is 37.9 Å². The highest BCUT2D eigenvalue weighted by molar-refractivity contribution is 5.82. The van der Waals surface area contributed by atoms with Crippen LogP contribution in [0.15, 0.2) is 37.4 Å². The molecule has 6 rings (SSSR count). The summed E-state index contributed by atoms with van der Waals surface area (Å²) in [6, 6.07) is 1.86. The van der Waals surface area contributed by atoms with Crippen LogP contribution in [0.25, 0.3) is 0 Å². The minimum Gasteiger partial charge on any atom is -0.493 e. The fourth-order valence-electron chi connectivity index (χ4n) is 7.23. The summed E-state index contributed by atoms with van der Waals surface area (Å²) in [6.07, 6.45) is 2.75. The van der Waals surface area contributed by atoms with E-state index >= 15 is 0 Å².